The summed E-state index contributed by atoms with van der Waals surface area (Å²) in [5.41, 5.74) is 1.35. The van der Waals surface area contributed by atoms with Gasteiger partial charge < -0.3 is 5.11 Å². The number of aromatic nitrogens is 2. The smallest absolute Gasteiger partial charge is 0.354 e. The monoisotopic (exact) mass is 220 g/mol. The van der Waals surface area contributed by atoms with Crippen LogP contribution in [0.3, 0.4) is 0 Å². The van der Waals surface area contributed by atoms with Crippen molar-refractivity contribution in [1.82, 2.24) is 9.78 Å². The molecule has 4 nitrogen and oxygen atoms in total. The Kier molecular flexibility index (Phi) is 2.23. The number of nitrogens with zero attached hydrogens (tertiary/aromatic N) is 2. The van der Waals surface area contributed by atoms with Crippen molar-refractivity contribution in [2.75, 3.05) is 0 Å². The third kappa shape index (κ3) is 1.72. The average molecular weight is 220 g/mol. The Labute approximate surface area is 94.3 Å². The summed E-state index contributed by atoms with van der Waals surface area (Å²) in [5.74, 6) is 0.324. The van der Waals surface area contributed by atoms with E-state index in [1.165, 1.54) is 32.1 Å². The van der Waals surface area contributed by atoms with Crippen LogP contribution in [0.5, 0.6) is 0 Å². The lowest BCUT2D eigenvalue weighted by Crippen LogP contribution is -2.21. The van der Waals surface area contributed by atoms with Crippen LogP contribution in [0.25, 0.3) is 0 Å². The number of rotatable bonds is 4. The molecule has 0 bridgehead atoms. The summed E-state index contributed by atoms with van der Waals surface area (Å²) in [6, 6.07) is 1.76. The minimum absolute atomic E-state index is 0.369. The van der Waals surface area contributed by atoms with Crippen LogP contribution in [0.1, 0.15) is 54.2 Å². The van der Waals surface area contributed by atoms with Crippen molar-refractivity contribution in [3.8, 4) is 0 Å². The second-order valence-electron chi connectivity index (χ2n) is 5.01. The molecule has 1 N–H and O–H groups in total. The SMILES string of the molecule is O=C(O)c1cc(C2CC2)nn1CC1CCC1. The summed E-state index contributed by atoms with van der Waals surface area (Å²) in [5, 5.41) is 13.6. The van der Waals surface area contributed by atoms with Gasteiger partial charge in [-0.3, -0.25) is 4.68 Å². The summed E-state index contributed by atoms with van der Waals surface area (Å²) in [4.78, 5) is 11.1. The Morgan fingerprint density at radius 3 is 2.69 bits per heavy atom. The van der Waals surface area contributed by atoms with Gasteiger partial charge in [0.1, 0.15) is 5.69 Å². The van der Waals surface area contributed by atoms with Gasteiger partial charge in [0.15, 0.2) is 0 Å². The van der Waals surface area contributed by atoms with Crippen molar-refractivity contribution < 1.29 is 9.90 Å². The topological polar surface area (TPSA) is 55.1 Å². The maximum absolute atomic E-state index is 11.1. The fraction of sp³-hybridized carbons (Fsp3) is 0.667. The van der Waals surface area contributed by atoms with Crippen LogP contribution < -0.4 is 0 Å². The Morgan fingerprint density at radius 1 is 1.44 bits per heavy atom. The molecule has 0 amide bonds. The molecule has 0 aliphatic heterocycles. The predicted molar refractivity (Wildman–Crippen MR) is 58.5 cm³/mol. The average Bonchev–Trinajstić information content (AvgIpc) is 2.93. The molecule has 2 saturated carbocycles. The lowest BCUT2D eigenvalue weighted by Gasteiger charge is -2.25. The van der Waals surface area contributed by atoms with E-state index in [4.69, 9.17) is 5.11 Å². The number of hydrogen-bond donors (Lipinski definition) is 1. The van der Waals surface area contributed by atoms with Gasteiger partial charge in [0.05, 0.1) is 5.69 Å². The summed E-state index contributed by atoms with van der Waals surface area (Å²) < 4.78 is 1.71. The highest BCUT2D eigenvalue weighted by Crippen LogP contribution is 2.39. The number of carboxylic acids is 1. The molecule has 0 atom stereocenters. The Morgan fingerprint density at radius 2 is 2.19 bits per heavy atom. The zero-order valence-electron chi connectivity index (χ0n) is 9.22. The Bertz CT molecular complexity index is 417. The van der Waals surface area contributed by atoms with Crippen LogP contribution in [0.2, 0.25) is 0 Å². The molecule has 86 valence electrons. The van der Waals surface area contributed by atoms with E-state index in [9.17, 15) is 4.79 Å². The molecule has 3 rings (SSSR count). The quantitative estimate of drug-likeness (QED) is 0.846. The Balaban J connectivity index is 1.84. The van der Waals surface area contributed by atoms with E-state index >= 15 is 0 Å². The van der Waals surface area contributed by atoms with Gasteiger partial charge in [-0.2, -0.15) is 5.10 Å². The van der Waals surface area contributed by atoms with Crippen molar-refractivity contribution in [3.05, 3.63) is 17.5 Å². The molecule has 0 radical (unpaired) electrons. The third-order valence-corrected chi connectivity index (χ3v) is 3.67. The summed E-state index contributed by atoms with van der Waals surface area (Å²) in [6.45, 7) is 0.786. The van der Waals surface area contributed by atoms with Gasteiger partial charge in [0.25, 0.3) is 0 Å². The maximum Gasteiger partial charge on any atom is 0.354 e. The highest BCUT2D eigenvalue weighted by atomic mass is 16.4. The van der Waals surface area contributed by atoms with Gasteiger partial charge in [-0.15, -0.1) is 0 Å². The van der Waals surface area contributed by atoms with Crippen molar-refractivity contribution >= 4 is 5.97 Å². The number of hydrogen-bond acceptors (Lipinski definition) is 2. The minimum atomic E-state index is -0.848. The molecule has 2 aliphatic rings. The van der Waals surface area contributed by atoms with Crippen molar-refractivity contribution in [1.29, 1.82) is 0 Å². The van der Waals surface area contributed by atoms with E-state index in [2.05, 4.69) is 5.10 Å². The van der Waals surface area contributed by atoms with Crippen LogP contribution in [0.15, 0.2) is 6.07 Å². The van der Waals surface area contributed by atoms with Crippen LogP contribution >= 0.6 is 0 Å². The fourth-order valence-electron chi connectivity index (χ4n) is 2.25. The lowest BCUT2D eigenvalue weighted by atomic mass is 9.85. The van der Waals surface area contributed by atoms with E-state index in [0.717, 1.165) is 12.2 Å². The zero-order chi connectivity index (χ0) is 11.1. The summed E-state index contributed by atoms with van der Waals surface area (Å²) in [6.07, 6.45) is 6.05. The van der Waals surface area contributed by atoms with Crippen molar-refractivity contribution in [2.45, 2.75) is 44.6 Å². The number of aromatic carboxylic acids is 1. The lowest BCUT2D eigenvalue weighted by molar-refractivity contribution is 0.0680. The van der Waals surface area contributed by atoms with E-state index < -0.39 is 5.97 Å². The first kappa shape index (κ1) is 9.87. The molecular weight excluding hydrogens is 204 g/mol. The zero-order valence-corrected chi connectivity index (χ0v) is 9.22. The molecule has 2 aliphatic carbocycles. The molecule has 4 heteroatoms. The molecule has 1 heterocycles. The molecule has 2 fully saturated rings. The fourth-order valence-corrected chi connectivity index (χ4v) is 2.25. The molecule has 0 unspecified atom stereocenters. The van der Waals surface area contributed by atoms with Crippen LogP contribution in [-0.4, -0.2) is 20.9 Å². The van der Waals surface area contributed by atoms with Crippen LogP contribution in [0, 0.1) is 5.92 Å². The van der Waals surface area contributed by atoms with Gasteiger partial charge in [0.2, 0.25) is 0 Å². The highest BCUT2D eigenvalue weighted by Gasteiger charge is 2.29. The molecule has 1 aromatic heterocycles. The molecule has 1 aromatic rings. The summed E-state index contributed by atoms with van der Waals surface area (Å²) in [7, 11) is 0. The first-order chi connectivity index (χ1) is 7.74. The molecule has 0 spiro atoms. The number of carbonyl (C=O) groups is 1. The molecular formula is C12H16N2O2. The van der Waals surface area contributed by atoms with E-state index in [1.807, 2.05) is 0 Å². The van der Waals surface area contributed by atoms with E-state index in [1.54, 1.807) is 10.7 Å². The van der Waals surface area contributed by atoms with Crippen LogP contribution in [-0.2, 0) is 6.54 Å². The van der Waals surface area contributed by atoms with Gasteiger partial charge in [-0.1, -0.05) is 6.42 Å². The second kappa shape index (κ2) is 3.61. The molecule has 0 aromatic carbocycles. The van der Waals surface area contributed by atoms with Gasteiger partial charge in [-0.25, -0.2) is 4.79 Å². The van der Waals surface area contributed by atoms with Gasteiger partial charge in [-0.05, 0) is 37.7 Å². The Hall–Kier alpha value is -1.32. The van der Waals surface area contributed by atoms with Gasteiger partial charge in [0, 0.05) is 12.5 Å². The van der Waals surface area contributed by atoms with E-state index in [-0.39, 0.29) is 0 Å². The first-order valence-corrected chi connectivity index (χ1v) is 6.05. The highest BCUT2D eigenvalue weighted by molar-refractivity contribution is 5.85. The predicted octanol–water partition coefficient (Wildman–Crippen LogP) is 2.26. The minimum Gasteiger partial charge on any atom is -0.477 e. The normalized spacial score (nSPS) is 20.8. The standard InChI is InChI=1S/C12H16N2O2/c15-12(16)11-6-10(9-4-5-9)13-14(11)7-8-2-1-3-8/h6,8-9H,1-5,7H2,(H,15,16). The molecule has 16 heavy (non-hydrogen) atoms. The van der Waals surface area contributed by atoms with Crippen molar-refractivity contribution in [3.63, 3.8) is 0 Å². The largest absolute Gasteiger partial charge is 0.477 e. The molecule has 0 saturated heterocycles. The number of carboxylic acid groups (broad SMARTS) is 1. The first-order valence-electron chi connectivity index (χ1n) is 6.05. The van der Waals surface area contributed by atoms with Gasteiger partial charge >= 0.3 is 5.97 Å². The van der Waals surface area contributed by atoms with E-state index in [0.29, 0.717) is 17.5 Å². The van der Waals surface area contributed by atoms with Crippen molar-refractivity contribution in [2.24, 2.45) is 5.92 Å². The third-order valence-electron chi connectivity index (χ3n) is 3.67. The summed E-state index contributed by atoms with van der Waals surface area (Å²) >= 11 is 0. The maximum atomic E-state index is 11.1. The van der Waals surface area contributed by atoms with Crippen LogP contribution in [0.4, 0.5) is 0 Å². The second-order valence-corrected chi connectivity index (χ2v) is 5.01.